The molecule has 2 atom stereocenters. The molecule has 0 aliphatic carbocycles. The number of benzene rings is 2. The van der Waals surface area contributed by atoms with Gasteiger partial charge in [0.05, 0.1) is 42.6 Å². The molecule has 5 nitrogen and oxygen atoms in total. The molecule has 2 aromatic carbocycles. The summed E-state index contributed by atoms with van der Waals surface area (Å²) in [5, 5.41) is 0.653. The SMILES string of the molecule is CCOC(=O)C[C@@H]1OC(C)c2cc(F)ccc2N(/C(=C(\C)CC)C(F)(F)F)C1=C(C)CC.COc1ccccc1Cl. The zero-order valence-corrected chi connectivity index (χ0v) is 25.3. The van der Waals surface area contributed by atoms with E-state index in [0.29, 0.717) is 17.0 Å². The van der Waals surface area contributed by atoms with E-state index in [-0.39, 0.29) is 42.0 Å². The van der Waals surface area contributed by atoms with Crippen molar-refractivity contribution in [2.45, 2.75) is 79.2 Å². The van der Waals surface area contributed by atoms with Crippen LogP contribution in [0.3, 0.4) is 0 Å². The van der Waals surface area contributed by atoms with Gasteiger partial charge in [0, 0.05) is 5.56 Å². The average molecular weight is 600 g/mol. The van der Waals surface area contributed by atoms with Gasteiger partial charge in [0.2, 0.25) is 0 Å². The minimum atomic E-state index is -4.69. The van der Waals surface area contributed by atoms with Gasteiger partial charge in [-0.3, -0.25) is 4.79 Å². The highest BCUT2D eigenvalue weighted by molar-refractivity contribution is 6.32. The summed E-state index contributed by atoms with van der Waals surface area (Å²) in [4.78, 5) is 13.5. The first-order chi connectivity index (χ1) is 19.3. The third-order valence-electron chi connectivity index (χ3n) is 6.69. The third kappa shape index (κ3) is 8.72. The van der Waals surface area contributed by atoms with Gasteiger partial charge in [-0.15, -0.1) is 0 Å². The van der Waals surface area contributed by atoms with Crippen LogP contribution in [0.25, 0.3) is 0 Å². The Labute approximate surface area is 244 Å². The number of hydrogen-bond acceptors (Lipinski definition) is 5. The topological polar surface area (TPSA) is 48.0 Å². The van der Waals surface area contributed by atoms with E-state index >= 15 is 0 Å². The molecule has 0 N–H and O–H groups in total. The van der Waals surface area contributed by atoms with Crippen molar-refractivity contribution in [1.29, 1.82) is 0 Å². The maximum absolute atomic E-state index is 14.5. The summed E-state index contributed by atoms with van der Waals surface area (Å²) in [7, 11) is 1.60. The maximum atomic E-state index is 14.5. The summed E-state index contributed by atoms with van der Waals surface area (Å²) in [6.07, 6.45) is -6.08. The monoisotopic (exact) mass is 599 g/mol. The van der Waals surface area contributed by atoms with E-state index in [2.05, 4.69) is 0 Å². The van der Waals surface area contributed by atoms with Crippen molar-refractivity contribution in [1.82, 2.24) is 0 Å². The number of methoxy groups -OCH3 is 1. The quantitative estimate of drug-likeness (QED) is 0.234. The number of alkyl halides is 3. The Morgan fingerprint density at radius 2 is 1.73 bits per heavy atom. The van der Waals surface area contributed by atoms with Gasteiger partial charge in [-0.05, 0) is 76.4 Å². The van der Waals surface area contributed by atoms with Crippen LogP contribution in [0.4, 0.5) is 23.2 Å². The van der Waals surface area contributed by atoms with Gasteiger partial charge in [-0.25, -0.2) is 4.39 Å². The summed E-state index contributed by atoms with van der Waals surface area (Å²) < 4.78 is 73.6. The van der Waals surface area contributed by atoms with Crippen LogP contribution in [0.15, 0.2) is 65.0 Å². The highest BCUT2D eigenvalue weighted by Gasteiger charge is 2.45. The minimum Gasteiger partial charge on any atom is -0.495 e. The number of esters is 1. The van der Waals surface area contributed by atoms with E-state index in [1.807, 2.05) is 25.1 Å². The van der Waals surface area contributed by atoms with Crippen molar-refractivity contribution in [2.75, 3.05) is 18.6 Å². The van der Waals surface area contributed by atoms with E-state index in [9.17, 15) is 22.4 Å². The van der Waals surface area contributed by atoms with Crippen molar-refractivity contribution in [3.8, 4) is 5.75 Å². The summed E-state index contributed by atoms with van der Waals surface area (Å²) >= 11 is 5.70. The van der Waals surface area contributed by atoms with Crippen LogP contribution in [-0.4, -0.2) is 32.0 Å². The first-order valence-corrected chi connectivity index (χ1v) is 13.8. The Bertz CT molecular complexity index is 1260. The van der Waals surface area contributed by atoms with Crippen molar-refractivity contribution >= 4 is 23.3 Å². The molecule has 0 spiro atoms. The molecule has 10 heteroatoms. The van der Waals surface area contributed by atoms with Gasteiger partial charge >= 0.3 is 12.1 Å². The fraction of sp³-hybridized carbons (Fsp3) is 0.452. The predicted molar refractivity (Wildman–Crippen MR) is 153 cm³/mol. The first kappa shape index (κ1) is 34.2. The zero-order chi connectivity index (χ0) is 30.9. The van der Waals surface area contributed by atoms with Crippen LogP contribution in [0.5, 0.6) is 5.75 Å². The Hall–Kier alpha value is -3.04. The van der Waals surface area contributed by atoms with Gasteiger partial charge in [-0.2, -0.15) is 13.2 Å². The minimum absolute atomic E-state index is 0.124. The fourth-order valence-electron chi connectivity index (χ4n) is 4.45. The lowest BCUT2D eigenvalue weighted by Gasteiger charge is -2.35. The molecule has 0 saturated heterocycles. The van der Waals surface area contributed by atoms with Gasteiger partial charge < -0.3 is 19.1 Å². The highest BCUT2D eigenvalue weighted by atomic mass is 35.5. The molecule has 1 heterocycles. The van der Waals surface area contributed by atoms with Gasteiger partial charge in [0.15, 0.2) is 0 Å². The van der Waals surface area contributed by atoms with Crippen molar-refractivity contribution in [2.24, 2.45) is 0 Å². The van der Waals surface area contributed by atoms with E-state index in [1.54, 1.807) is 40.9 Å². The van der Waals surface area contributed by atoms with Crippen LogP contribution in [0, 0.1) is 5.82 Å². The van der Waals surface area contributed by atoms with Gasteiger partial charge in [0.1, 0.15) is 23.4 Å². The molecule has 1 unspecified atom stereocenters. The average Bonchev–Trinajstić information content (AvgIpc) is 3.02. The van der Waals surface area contributed by atoms with E-state index < -0.39 is 35.9 Å². The fourth-order valence-corrected chi connectivity index (χ4v) is 4.67. The van der Waals surface area contributed by atoms with Crippen LogP contribution in [-0.2, 0) is 14.3 Å². The molecule has 2 aromatic rings. The third-order valence-corrected chi connectivity index (χ3v) is 7.00. The largest absolute Gasteiger partial charge is 0.495 e. The van der Waals surface area contributed by atoms with Crippen molar-refractivity contribution in [3.05, 3.63) is 81.4 Å². The van der Waals surface area contributed by atoms with E-state index in [1.165, 1.54) is 19.1 Å². The zero-order valence-electron chi connectivity index (χ0n) is 24.5. The number of carbonyl (C=O) groups excluding carboxylic acids is 1. The molecule has 1 aliphatic rings. The molecule has 226 valence electrons. The maximum Gasteiger partial charge on any atom is 0.431 e. The normalized spacial score (nSPS) is 18.8. The predicted octanol–water partition coefficient (Wildman–Crippen LogP) is 9.32. The number of ether oxygens (including phenoxy) is 3. The molecule has 0 bridgehead atoms. The lowest BCUT2D eigenvalue weighted by Crippen LogP contribution is -2.38. The molecule has 3 rings (SSSR count). The number of fused-ring (bicyclic) bond motifs is 1. The Balaban J connectivity index is 0.000000553. The Morgan fingerprint density at radius 3 is 2.24 bits per heavy atom. The number of para-hydroxylation sites is 1. The first-order valence-electron chi connectivity index (χ1n) is 13.5. The molecular formula is C31H38ClF4NO4. The molecule has 1 aliphatic heterocycles. The number of allylic oxidation sites excluding steroid dienone is 3. The molecule has 0 aromatic heterocycles. The molecule has 0 amide bonds. The molecule has 0 saturated carbocycles. The molecule has 41 heavy (non-hydrogen) atoms. The Kier molecular flexibility index (Phi) is 12.7. The highest BCUT2D eigenvalue weighted by Crippen LogP contribution is 2.46. The molecule has 0 fully saturated rings. The number of anilines is 1. The van der Waals surface area contributed by atoms with E-state index in [0.717, 1.165) is 16.7 Å². The van der Waals surface area contributed by atoms with E-state index in [4.69, 9.17) is 25.8 Å². The molecule has 0 radical (unpaired) electrons. The number of carbonyl (C=O) groups is 1. The summed E-state index contributed by atoms with van der Waals surface area (Å²) in [6.45, 7) is 10.1. The number of rotatable bonds is 7. The number of hydrogen-bond donors (Lipinski definition) is 0. The van der Waals surface area contributed by atoms with Crippen LogP contribution < -0.4 is 9.64 Å². The second-order valence-electron chi connectivity index (χ2n) is 9.45. The molecular weight excluding hydrogens is 562 g/mol. The van der Waals surface area contributed by atoms with Crippen LogP contribution >= 0.6 is 11.6 Å². The lowest BCUT2D eigenvalue weighted by molar-refractivity contribution is -0.146. The standard InChI is InChI=1S/C24H31F4NO3.C7H7ClO/c1-7-14(4)22-20(13-21(30)31-9-3)32-16(6)18-12-17(25)10-11-19(18)29(22)23(15(5)8-2)24(26,27)28;1-9-7-5-3-2-4-6(7)8/h10-12,16,20H,7-9,13H2,1-6H3;2-5H,1H3/b22-14?,23-15+;/t16?,20-;/m0./s1. The number of halogens is 5. The van der Waals surface area contributed by atoms with Crippen molar-refractivity contribution < 1.29 is 36.6 Å². The van der Waals surface area contributed by atoms with Crippen LogP contribution in [0.1, 0.15) is 72.5 Å². The summed E-state index contributed by atoms with van der Waals surface area (Å²) in [6, 6.07) is 11.0. The van der Waals surface area contributed by atoms with Gasteiger partial charge in [-0.1, -0.05) is 43.2 Å². The van der Waals surface area contributed by atoms with Crippen LogP contribution in [0.2, 0.25) is 5.02 Å². The second kappa shape index (κ2) is 15.3. The summed E-state index contributed by atoms with van der Waals surface area (Å²) in [5.41, 5.74) is 0.615. The lowest BCUT2D eigenvalue weighted by atomic mass is 10.0. The Morgan fingerprint density at radius 1 is 1.07 bits per heavy atom. The second-order valence-corrected chi connectivity index (χ2v) is 9.86. The number of nitrogens with zero attached hydrogens (tertiary/aromatic N) is 1. The smallest absolute Gasteiger partial charge is 0.431 e. The van der Waals surface area contributed by atoms with Crippen molar-refractivity contribution in [3.63, 3.8) is 0 Å². The van der Waals surface area contributed by atoms with Gasteiger partial charge in [0.25, 0.3) is 0 Å². The summed E-state index contributed by atoms with van der Waals surface area (Å²) in [5.74, 6) is -0.433.